The second-order valence-electron chi connectivity index (χ2n) is 4.61. The highest BCUT2D eigenvalue weighted by Gasteiger charge is 2.22. The Kier molecular flexibility index (Phi) is 2.73. The van der Waals surface area contributed by atoms with Crippen molar-refractivity contribution in [1.29, 1.82) is 0 Å². The van der Waals surface area contributed by atoms with Gasteiger partial charge < -0.3 is 4.57 Å². The van der Waals surface area contributed by atoms with Crippen LogP contribution in [0, 0.1) is 0 Å². The molecule has 0 amide bonds. The summed E-state index contributed by atoms with van der Waals surface area (Å²) in [6.07, 6.45) is 6.04. The first-order valence-electron chi connectivity index (χ1n) is 6.21. The van der Waals surface area contributed by atoms with Gasteiger partial charge in [0.2, 0.25) is 0 Å². The number of fused-ring (bicyclic) bond motifs is 1. The average Bonchev–Trinajstić information content (AvgIpc) is 2.99. The maximum absolute atomic E-state index is 4.24. The van der Waals surface area contributed by atoms with E-state index in [1.165, 1.54) is 5.69 Å². The summed E-state index contributed by atoms with van der Waals surface area (Å²) >= 11 is 0. The van der Waals surface area contributed by atoms with Gasteiger partial charge in [-0.05, 0) is 25.1 Å². The Morgan fingerprint density at radius 1 is 1.24 bits per heavy atom. The van der Waals surface area contributed by atoms with E-state index in [4.69, 9.17) is 0 Å². The number of aromatic nitrogens is 3. The van der Waals surface area contributed by atoms with Crippen molar-refractivity contribution in [3.8, 4) is 0 Å². The molecule has 2 aromatic rings. The van der Waals surface area contributed by atoms with Crippen LogP contribution in [0.4, 0.5) is 0 Å². The number of nitrogens with zero attached hydrogens (tertiary/aromatic N) is 4. The van der Waals surface area contributed by atoms with Crippen molar-refractivity contribution < 1.29 is 0 Å². The Hall–Kier alpha value is -1.55. The molecule has 0 N–H and O–H groups in total. The lowest BCUT2D eigenvalue weighted by molar-refractivity contribution is 0.161. The van der Waals surface area contributed by atoms with E-state index >= 15 is 0 Å². The van der Waals surface area contributed by atoms with Crippen LogP contribution in [-0.2, 0) is 13.1 Å². The van der Waals surface area contributed by atoms with Gasteiger partial charge in [-0.3, -0.25) is 9.58 Å². The molecule has 90 valence electrons. The first-order valence-corrected chi connectivity index (χ1v) is 6.21. The van der Waals surface area contributed by atoms with Gasteiger partial charge >= 0.3 is 0 Å². The number of hydrogen-bond donors (Lipinski definition) is 0. The van der Waals surface area contributed by atoms with Crippen LogP contribution >= 0.6 is 0 Å². The molecule has 17 heavy (non-hydrogen) atoms. The minimum Gasteiger partial charge on any atom is -0.349 e. The Bertz CT molecular complexity index is 471. The van der Waals surface area contributed by atoms with Crippen LogP contribution in [0.1, 0.15) is 18.7 Å². The van der Waals surface area contributed by atoms with Crippen molar-refractivity contribution in [2.24, 2.45) is 0 Å². The van der Waals surface area contributed by atoms with Crippen molar-refractivity contribution in [3.63, 3.8) is 0 Å². The molecule has 0 unspecified atom stereocenters. The third kappa shape index (κ3) is 2.00. The third-order valence-electron chi connectivity index (χ3n) is 3.64. The molecule has 0 bridgehead atoms. The van der Waals surface area contributed by atoms with Crippen LogP contribution < -0.4 is 0 Å². The van der Waals surface area contributed by atoms with Crippen LogP contribution in [0.2, 0.25) is 0 Å². The topological polar surface area (TPSA) is 26.0 Å². The van der Waals surface area contributed by atoms with Crippen LogP contribution in [0.25, 0.3) is 0 Å². The summed E-state index contributed by atoms with van der Waals surface area (Å²) in [6.45, 7) is 6.55. The molecule has 0 fully saturated rings. The van der Waals surface area contributed by atoms with Gasteiger partial charge in [-0.1, -0.05) is 0 Å². The highest BCUT2D eigenvalue weighted by atomic mass is 15.3. The fourth-order valence-corrected chi connectivity index (χ4v) is 2.60. The molecule has 4 heteroatoms. The monoisotopic (exact) mass is 230 g/mol. The fraction of sp³-hybridized carbons (Fsp3) is 0.462. The first-order chi connectivity index (χ1) is 8.34. The molecule has 4 nitrogen and oxygen atoms in total. The summed E-state index contributed by atoms with van der Waals surface area (Å²) in [5.74, 6) is 0. The molecular formula is C13H18N4. The first kappa shape index (κ1) is 10.6. The molecule has 3 rings (SSSR count). The second-order valence-corrected chi connectivity index (χ2v) is 4.61. The Labute approximate surface area is 101 Å². The lowest BCUT2D eigenvalue weighted by atomic mass is 10.1. The van der Waals surface area contributed by atoms with Crippen LogP contribution in [0.3, 0.4) is 0 Å². The Morgan fingerprint density at radius 3 is 3.00 bits per heavy atom. The lowest BCUT2D eigenvalue weighted by Gasteiger charge is -2.34. The molecule has 2 aromatic heterocycles. The van der Waals surface area contributed by atoms with Crippen molar-refractivity contribution in [2.75, 3.05) is 13.1 Å². The standard InChI is InChI=1S/C13H18N4/c1-12-13-4-2-6-16(13)9-8-15(12)10-11-17-7-3-5-14-17/h2-7,12H,8-11H2,1H3/t12-/m0/s1. The molecule has 0 saturated carbocycles. The van der Waals surface area contributed by atoms with E-state index in [1.54, 1.807) is 0 Å². The summed E-state index contributed by atoms with van der Waals surface area (Å²) in [4.78, 5) is 2.52. The second kappa shape index (κ2) is 4.37. The van der Waals surface area contributed by atoms with E-state index in [2.05, 4.69) is 39.8 Å². The zero-order chi connectivity index (χ0) is 11.7. The molecule has 0 aromatic carbocycles. The molecule has 0 saturated heterocycles. The molecule has 0 aliphatic carbocycles. The smallest absolute Gasteiger partial charge is 0.0536 e. The molecule has 0 spiro atoms. The fourth-order valence-electron chi connectivity index (χ4n) is 2.60. The Balaban J connectivity index is 1.66. The van der Waals surface area contributed by atoms with Crippen molar-refractivity contribution in [1.82, 2.24) is 19.2 Å². The number of hydrogen-bond acceptors (Lipinski definition) is 2. The highest BCUT2D eigenvalue weighted by Crippen LogP contribution is 2.24. The van der Waals surface area contributed by atoms with Crippen molar-refractivity contribution in [2.45, 2.75) is 26.1 Å². The van der Waals surface area contributed by atoms with Gasteiger partial charge in [-0.2, -0.15) is 5.10 Å². The van der Waals surface area contributed by atoms with E-state index in [0.29, 0.717) is 6.04 Å². The normalized spacial score (nSPS) is 20.4. The van der Waals surface area contributed by atoms with Crippen molar-refractivity contribution in [3.05, 3.63) is 42.5 Å². The van der Waals surface area contributed by atoms with Crippen LogP contribution in [0.5, 0.6) is 0 Å². The minimum absolute atomic E-state index is 0.509. The molecule has 1 aliphatic rings. The molecule has 1 atom stereocenters. The van der Waals surface area contributed by atoms with E-state index < -0.39 is 0 Å². The van der Waals surface area contributed by atoms with Gasteiger partial charge in [0.05, 0.1) is 6.54 Å². The predicted octanol–water partition coefficient (Wildman–Crippen LogP) is 1.76. The maximum atomic E-state index is 4.24. The van der Waals surface area contributed by atoms with E-state index in [9.17, 15) is 0 Å². The van der Waals surface area contributed by atoms with Gasteiger partial charge in [0.15, 0.2) is 0 Å². The molecule has 0 radical (unpaired) electrons. The zero-order valence-electron chi connectivity index (χ0n) is 10.2. The zero-order valence-corrected chi connectivity index (χ0v) is 10.2. The maximum Gasteiger partial charge on any atom is 0.0536 e. The van der Waals surface area contributed by atoms with E-state index in [0.717, 1.165) is 26.2 Å². The quantitative estimate of drug-likeness (QED) is 0.803. The van der Waals surface area contributed by atoms with Crippen molar-refractivity contribution >= 4 is 0 Å². The van der Waals surface area contributed by atoms with Gasteiger partial charge in [0.25, 0.3) is 0 Å². The van der Waals surface area contributed by atoms with Crippen LogP contribution in [0.15, 0.2) is 36.8 Å². The molecular weight excluding hydrogens is 212 g/mol. The van der Waals surface area contributed by atoms with Gasteiger partial charge in [-0.15, -0.1) is 0 Å². The SMILES string of the molecule is C[C@H]1c2cccn2CCN1CCn1cccn1. The summed E-state index contributed by atoms with van der Waals surface area (Å²) in [5.41, 5.74) is 1.43. The predicted molar refractivity (Wildman–Crippen MR) is 66.6 cm³/mol. The lowest BCUT2D eigenvalue weighted by Crippen LogP contribution is -2.38. The molecule has 1 aliphatic heterocycles. The van der Waals surface area contributed by atoms with Crippen LogP contribution in [-0.4, -0.2) is 32.3 Å². The van der Waals surface area contributed by atoms with E-state index in [-0.39, 0.29) is 0 Å². The molecule has 3 heterocycles. The van der Waals surface area contributed by atoms with Gasteiger partial charge in [-0.25, -0.2) is 0 Å². The Morgan fingerprint density at radius 2 is 2.18 bits per heavy atom. The largest absolute Gasteiger partial charge is 0.349 e. The van der Waals surface area contributed by atoms with Gasteiger partial charge in [0.1, 0.15) is 0 Å². The summed E-state index contributed by atoms with van der Waals surface area (Å²) < 4.78 is 4.36. The summed E-state index contributed by atoms with van der Waals surface area (Å²) in [7, 11) is 0. The third-order valence-corrected chi connectivity index (χ3v) is 3.64. The van der Waals surface area contributed by atoms with E-state index in [1.807, 2.05) is 23.1 Å². The summed E-state index contributed by atoms with van der Waals surface area (Å²) in [6, 6.07) is 6.85. The average molecular weight is 230 g/mol. The van der Waals surface area contributed by atoms with Gasteiger partial charge in [0, 0.05) is 50.0 Å². The summed E-state index contributed by atoms with van der Waals surface area (Å²) in [5, 5.41) is 4.24. The number of rotatable bonds is 3. The highest BCUT2D eigenvalue weighted by molar-refractivity contribution is 5.13. The minimum atomic E-state index is 0.509.